The molecule has 1 amide bonds. The van der Waals surface area contributed by atoms with E-state index < -0.39 is 11.9 Å². The first-order chi connectivity index (χ1) is 21.9. The lowest BCUT2D eigenvalue weighted by Crippen LogP contribution is -2.39. The van der Waals surface area contributed by atoms with Crippen LogP contribution >= 0.6 is 0 Å². The third kappa shape index (κ3) is 6.31. The van der Waals surface area contributed by atoms with Gasteiger partial charge in [-0.2, -0.15) is 0 Å². The standard InChI is InChI=1S/C33H37N7O6/c1-19-29(35-38-40(19)26-18-24(44-7)13-15-28(26)45-8)31(41)34-25-16-21(33(3,4)5)12-14-27(25)46-32(42)30-20(2)39(37-36-30)22-10-9-11-23(17-22)43-6/h9-18,35,38H,1-8H3,(H,34,41). The molecule has 1 aliphatic heterocycles. The number of hydrogen-bond donors (Lipinski definition) is 3. The van der Waals surface area contributed by atoms with Gasteiger partial charge in [-0.3, -0.25) is 15.2 Å². The van der Waals surface area contributed by atoms with Crippen LogP contribution in [0.3, 0.4) is 0 Å². The van der Waals surface area contributed by atoms with Crippen LogP contribution in [-0.4, -0.2) is 48.2 Å². The molecule has 0 radical (unpaired) electrons. The van der Waals surface area contributed by atoms with Gasteiger partial charge < -0.3 is 24.3 Å². The molecule has 0 fully saturated rings. The minimum atomic E-state index is -0.724. The van der Waals surface area contributed by atoms with E-state index in [4.69, 9.17) is 18.9 Å². The third-order valence-electron chi connectivity index (χ3n) is 7.53. The van der Waals surface area contributed by atoms with E-state index in [1.54, 1.807) is 76.6 Å². The monoisotopic (exact) mass is 627 g/mol. The second-order valence-corrected chi connectivity index (χ2v) is 11.5. The second kappa shape index (κ2) is 12.8. The second-order valence-electron chi connectivity index (χ2n) is 11.5. The molecule has 3 N–H and O–H groups in total. The van der Waals surface area contributed by atoms with Crippen molar-refractivity contribution in [1.82, 2.24) is 26.0 Å². The van der Waals surface area contributed by atoms with Crippen LogP contribution in [0.1, 0.15) is 49.4 Å². The topological polar surface area (TPSA) is 141 Å². The number of hydrazine groups is 2. The molecule has 13 heteroatoms. The van der Waals surface area contributed by atoms with Crippen molar-refractivity contribution in [3.05, 3.63) is 89.0 Å². The number of nitrogens with one attached hydrogen (secondary N) is 3. The van der Waals surface area contributed by atoms with Gasteiger partial charge in [0.25, 0.3) is 5.91 Å². The summed E-state index contributed by atoms with van der Waals surface area (Å²) in [6.07, 6.45) is 0. The highest BCUT2D eigenvalue weighted by Gasteiger charge is 2.29. The van der Waals surface area contributed by atoms with Crippen LogP contribution in [0.2, 0.25) is 0 Å². The van der Waals surface area contributed by atoms with Crippen LogP contribution in [0.15, 0.2) is 72.1 Å². The number of aromatic nitrogens is 3. The van der Waals surface area contributed by atoms with E-state index in [-0.39, 0.29) is 22.6 Å². The predicted molar refractivity (Wildman–Crippen MR) is 172 cm³/mol. The number of allylic oxidation sites excluding steroid dienone is 1. The molecule has 1 aliphatic rings. The first-order valence-electron chi connectivity index (χ1n) is 14.4. The predicted octanol–water partition coefficient (Wildman–Crippen LogP) is 4.82. The van der Waals surface area contributed by atoms with Crippen LogP contribution in [0.25, 0.3) is 5.69 Å². The van der Waals surface area contributed by atoms with Crippen LogP contribution in [0, 0.1) is 6.92 Å². The first kappa shape index (κ1) is 31.9. The smallest absolute Gasteiger partial charge is 0.366 e. The molecular formula is C33H37N7O6. The molecule has 1 aromatic heterocycles. The summed E-state index contributed by atoms with van der Waals surface area (Å²) in [4.78, 5) is 27.1. The van der Waals surface area contributed by atoms with Crippen molar-refractivity contribution in [2.24, 2.45) is 0 Å². The summed E-state index contributed by atoms with van der Waals surface area (Å²) >= 11 is 0. The van der Waals surface area contributed by atoms with Crippen LogP contribution in [-0.2, 0) is 10.2 Å². The van der Waals surface area contributed by atoms with E-state index in [9.17, 15) is 9.59 Å². The zero-order chi connectivity index (χ0) is 33.2. The van der Waals surface area contributed by atoms with E-state index >= 15 is 0 Å². The first-order valence-corrected chi connectivity index (χ1v) is 14.4. The van der Waals surface area contributed by atoms with Crippen molar-refractivity contribution < 1.29 is 28.5 Å². The number of hydrogen-bond acceptors (Lipinski definition) is 11. The summed E-state index contributed by atoms with van der Waals surface area (Å²) in [5, 5.41) is 12.8. The zero-order valence-electron chi connectivity index (χ0n) is 27.0. The zero-order valence-corrected chi connectivity index (χ0v) is 27.0. The molecule has 240 valence electrons. The van der Waals surface area contributed by atoms with Gasteiger partial charge in [0.2, 0.25) is 0 Å². The molecule has 0 saturated carbocycles. The third-order valence-corrected chi connectivity index (χ3v) is 7.53. The lowest BCUT2D eigenvalue weighted by molar-refractivity contribution is -0.113. The quantitative estimate of drug-likeness (QED) is 0.174. The Bertz CT molecular complexity index is 1830. The molecule has 3 aromatic carbocycles. The number of anilines is 2. The largest absolute Gasteiger partial charge is 0.497 e. The van der Waals surface area contributed by atoms with Crippen molar-refractivity contribution in [2.45, 2.75) is 40.0 Å². The summed E-state index contributed by atoms with van der Waals surface area (Å²) in [6.45, 7) is 9.65. The molecule has 0 spiro atoms. The molecule has 0 saturated heterocycles. The Hall–Kier alpha value is -5.56. The Morgan fingerprint density at radius 3 is 2.28 bits per heavy atom. The minimum absolute atomic E-state index is 0.0306. The van der Waals surface area contributed by atoms with Crippen molar-refractivity contribution in [3.63, 3.8) is 0 Å². The van der Waals surface area contributed by atoms with E-state index in [0.717, 1.165) is 5.56 Å². The van der Waals surface area contributed by atoms with Gasteiger partial charge in [-0.05, 0) is 61.2 Å². The van der Waals surface area contributed by atoms with E-state index in [1.165, 1.54) is 4.68 Å². The maximum absolute atomic E-state index is 13.7. The van der Waals surface area contributed by atoms with Crippen LogP contribution in [0.4, 0.5) is 11.4 Å². The van der Waals surface area contributed by atoms with Gasteiger partial charge in [0.15, 0.2) is 11.4 Å². The van der Waals surface area contributed by atoms with Crippen molar-refractivity contribution in [2.75, 3.05) is 31.7 Å². The number of methoxy groups -OCH3 is 3. The van der Waals surface area contributed by atoms with Gasteiger partial charge in [0.1, 0.15) is 28.6 Å². The molecule has 2 heterocycles. The average Bonchev–Trinajstić information content (AvgIpc) is 3.63. The fourth-order valence-electron chi connectivity index (χ4n) is 4.85. The molecule has 13 nitrogen and oxygen atoms in total. The fourth-order valence-corrected chi connectivity index (χ4v) is 4.85. The number of nitrogens with zero attached hydrogens (tertiary/aromatic N) is 4. The minimum Gasteiger partial charge on any atom is -0.497 e. The van der Waals surface area contributed by atoms with Crippen LogP contribution < -0.4 is 40.2 Å². The SMILES string of the molecule is COc1cccc(-n2nnc(C(=O)Oc3ccc(C(C)(C)C)cc3NC(=O)C3=C(C)N(c4cc(OC)ccc4OC)NN3)c2C)c1. The Morgan fingerprint density at radius 1 is 0.870 bits per heavy atom. The van der Waals surface area contributed by atoms with Gasteiger partial charge in [0, 0.05) is 12.1 Å². The summed E-state index contributed by atoms with van der Waals surface area (Å²) < 4.78 is 23.6. The maximum Gasteiger partial charge on any atom is 0.366 e. The van der Waals surface area contributed by atoms with E-state index in [1.807, 2.05) is 45.0 Å². The summed E-state index contributed by atoms with van der Waals surface area (Å²) in [5.41, 5.74) is 9.56. The molecule has 0 unspecified atom stereocenters. The molecule has 0 bridgehead atoms. The number of rotatable bonds is 9. The van der Waals surface area contributed by atoms with E-state index in [2.05, 4.69) is 26.6 Å². The van der Waals surface area contributed by atoms with Crippen molar-refractivity contribution in [1.29, 1.82) is 0 Å². The van der Waals surface area contributed by atoms with Gasteiger partial charge in [0.05, 0.1) is 44.1 Å². The molecule has 4 aromatic rings. The fraction of sp³-hybridized carbons (Fsp3) is 0.273. The Kier molecular flexibility index (Phi) is 8.87. The summed E-state index contributed by atoms with van der Waals surface area (Å²) in [7, 11) is 4.71. The Morgan fingerprint density at radius 2 is 1.59 bits per heavy atom. The highest BCUT2D eigenvalue weighted by molar-refractivity contribution is 6.05. The molecule has 5 rings (SSSR count). The van der Waals surface area contributed by atoms with Crippen LogP contribution in [0.5, 0.6) is 23.0 Å². The lowest BCUT2D eigenvalue weighted by Gasteiger charge is -2.22. The Balaban J connectivity index is 1.43. The summed E-state index contributed by atoms with van der Waals surface area (Å²) in [5.74, 6) is 0.793. The number of amides is 1. The van der Waals surface area contributed by atoms with Gasteiger partial charge in [-0.25, -0.2) is 9.48 Å². The lowest BCUT2D eigenvalue weighted by atomic mass is 9.87. The maximum atomic E-state index is 13.7. The molecule has 0 aliphatic carbocycles. The molecule has 0 atom stereocenters. The summed E-state index contributed by atoms with van der Waals surface area (Å²) in [6, 6.07) is 17.9. The molecular weight excluding hydrogens is 590 g/mol. The molecule has 46 heavy (non-hydrogen) atoms. The number of carbonyl (C=O) groups is 2. The number of benzene rings is 3. The van der Waals surface area contributed by atoms with Gasteiger partial charge in [-0.15, -0.1) is 10.6 Å². The highest BCUT2D eigenvalue weighted by Crippen LogP contribution is 2.36. The van der Waals surface area contributed by atoms with Gasteiger partial charge in [-0.1, -0.05) is 38.1 Å². The Labute approximate surface area is 267 Å². The average molecular weight is 628 g/mol. The number of carbonyl (C=O) groups excluding carboxylic acids is 2. The van der Waals surface area contributed by atoms with Gasteiger partial charge >= 0.3 is 5.97 Å². The van der Waals surface area contributed by atoms with Crippen molar-refractivity contribution in [3.8, 4) is 28.7 Å². The highest BCUT2D eigenvalue weighted by atomic mass is 16.5. The van der Waals surface area contributed by atoms with E-state index in [0.29, 0.717) is 45.7 Å². The number of ether oxygens (including phenoxy) is 4. The van der Waals surface area contributed by atoms with Crippen molar-refractivity contribution >= 4 is 23.3 Å². The normalized spacial score (nSPS) is 12.9. The number of esters is 1.